The zero-order valence-electron chi connectivity index (χ0n) is 8.51. The molecule has 84 valence electrons. The Kier molecular flexibility index (Phi) is 3.03. The topological polar surface area (TPSA) is 63.2 Å². The molecule has 0 N–H and O–H groups in total. The predicted molar refractivity (Wildman–Crippen MR) is 58.1 cm³/mol. The van der Waals surface area contributed by atoms with E-state index in [4.69, 9.17) is 0 Å². The smallest absolute Gasteiger partial charge is 0.212 e. The summed E-state index contributed by atoms with van der Waals surface area (Å²) in [6, 6.07) is 0. The van der Waals surface area contributed by atoms with Crippen LogP contribution in [0.3, 0.4) is 0 Å². The van der Waals surface area contributed by atoms with E-state index in [2.05, 4.69) is 10.2 Å². The first-order chi connectivity index (χ1) is 7.08. The number of hydrogen-bond acceptors (Lipinski definition) is 5. The third-order valence-electron chi connectivity index (χ3n) is 2.33. The number of aromatic nitrogens is 2. The van der Waals surface area contributed by atoms with Crippen LogP contribution in [0, 0.1) is 6.92 Å². The van der Waals surface area contributed by atoms with Crippen molar-refractivity contribution in [2.75, 3.05) is 12.3 Å². The van der Waals surface area contributed by atoms with Crippen LogP contribution in [-0.2, 0) is 16.6 Å². The Labute approximate surface area is 93.2 Å². The molecule has 0 atom stereocenters. The molecule has 1 fully saturated rings. The molecule has 1 aliphatic heterocycles. The lowest BCUT2D eigenvalue weighted by Crippen LogP contribution is -2.37. The molecule has 5 nitrogen and oxygen atoms in total. The van der Waals surface area contributed by atoms with Crippen molar-refractivity contribution < 1.29 is 8.42 Å². The summed E-state index contributed by atoms with van der Waals surface area (Å²) in [5.74, 6) is 0.269. The van der Waals surface area contributed by atoms with Gasteiger partial charge in [0.25, 0.3) is 0 Å². The molecule has 0 saturated carbocycles. The molecule has 1 aromatic rings. The first-order valence-electron chi connectivity index (χ1n) is 4.85. The van der Waals surface area contributed by atoms with E-state index >= 15 is 0 Å². The minimum Gasteiger partial charge on any atom is -0.212 e. The van der Waals surface area contributed by atoms with E-state index in [9.17, 15) is 8.42 Å². The monoisotopic (exact) mass is 247 g/mol. The van der Waals surface area contributed by atoms with Crippen LogP contribution in [0.25, 0.3) is 0 Å². The zero-order chi connectivity index (χ0) is 10.9. The highest BCUT2D eigenvalue weighted by atomic mass is 32.2. The van der Waals surface area contributed by atoms with E-state index < -0.39 is 10.0 Å². The second kappa shape index (κ2) is 4.15. The molecule has 1 aliphatic rings. The Balaban J connectivity index is 2.11. The Morgan fingerprint density at radius 3 is 2.80 bits per heavy atom. The maximum absolute atomic E-state index is 11.7. The minimum atomic E-state index is -3.04. The summed E-state index contributed by atoms with van der Waals surface area (Å²) in [4.78, 5) is 0. The van der Waals surface area contributed by atoms with E-state index in [0.29, 0.717) is 13.1 Å². The van der Waals surface area contributed by atoms with E-state index in [1.54, 1.807) is 0 Å². The summed E-state index contributed by atoms with van der Waals surface area (Å²) in [5, 5.41) is 9.47. The van der Waals surface area contributed by atoms with Gasteiger partial charge in [-0.05, 0) is 19.8 Å². The maximum atomic E-state index is 11.7. The summed E-state index contributed by atoms with van der Waals surface area (Å²) < 4.78 is 24.9. The lowest BCUT2D eigenvalue weighted by atomic mass is 10.3. The fraction of sp³-hybridized carbons (Fsp3) is 0.750. The third kappa shape index (κ3) is 2.53. The van der Waals surface area contributed by atoms with Gasteiger partial charge in [0.2, 0.25) is 10.0 Å². The van der Waals surface area contributed by atoms with Gasteiger partial charge in [0.05, 0.1) is 12.3 Å². The van der Waals surface area contributed by atoms with Gasteiger partial charge < -0.3 is 0 Å². The molecule has 0 bridgehead atoms. The van der Waals surface area contributed by atoms with Gasteiger partial charge in [-0.25, -0.2) is 8.42 Å². The zero-order valence-corrected chi connectivity index (χ0v) is 10.1. The van der Waals surface area contributed by atoms with Crippen molar-refractivity contribution in [1.82, 2.24) is 14.5 Å². The molecule has 2 heterocycles. The first kappa shape index (κ1) is 11.0. The van der Waals surface area contributed by atoms with Crippen LogP contribution in [0.5, 0.6) is 0 Å². The SMILES string of the molecule is Cc1nnc(CN2CCCCS2(=O)=O)s1. The van der Waals surface area contributed by atoms with E-state index in [1.807, 2.05) is 6.92 Å². The summed E-state index contributed by atoms with van der Waals surface area (Å²) in [7, 11) is -3.04. The average Bonchev–Trinajstić information content (AvgIpc) is 2.55. The third-order valence-corrected chi connectivity index (χ3v) is 5.06. The van der Waals surface area contributed by atoms with Crippen LogP contribution in [0.1, 0.15) is 22.9 Å². The molecule has 0 radical (unpaired) electrons. The fourth-order valence-corrected chi connectivity index (χ4v) is 3.93. The molecule has 0 aliphatic carbocycles. The lowest BCUT2D eigenvalue weighted by molar-refractivity contribution is 0.377. The van der Waals surface area contributed by atoms with Gasteiger partial charge in [0.1, 0.15) is 10.0 Å². The number of nitrogens with zero attached hydrogens (tertiary/aromatic N) is 3. The van der Waals surface area contributed by atoms with Crippen LogP contribution in [0.2, 0.25) is 0 Å². The van der Waals surface area contributed by atoms with Gasteiger partial charge in [-0.1, -0.05) is 0 Å². The highest BCUT2D eigenvalue weighted by molar-refractivity contribution is 7.89. The molecule has 2 rings (SSSR count). The molecule has 7 heteroatoms. The average molecular weight is 247 g/mol. The predicted octanol–water partition coefficient (Wildman–Crippen LogP) is 0.772. The number of aryl methyl sites for hydroxylation is 1. The van der Waals surface area contributed by atoms with Crippen molar-refractivity contribution in [2.24, 2.45) is 0 Å². The summed E-state index contributed by atoms with van der Waals surface area (Å²) in [6.45, 7) is 2.86. The summed E-state index contributed by atoms with van der Waals surface area (Å²) in [5.41, 5.74) is 0. The minimum absolute atomic E-state index is 0.269. The van der Waals surface area contributed by atoms with E-state index in [-0.39, 0.29) is 5.75 Å². The Hall–Kier alpha value is -0.530. The summed E-state index contributed by atoms with van der Waals surface area (Å²) in [6.07, 6.45) is 1.71. The molecule has 1 aromatic heterocycles. The molecule has 15 heavy (non-hydrogen) atoms. The van der Waals surface area contributed by atoms with Crippen molar-refractivity contribution in [3.63, 3.8) is 0 Å². The van der Waals surface area contributed by atoms with Crippen molar-refractivity contribution >= 4 is 21.4 Å². The second-order valence-electron chi connectivity index (χ2n) is 3.57. The number of sulfonamides is 1. The van der Waals surface area contributed by atoms with Gasteiger partial charge in [-0.3, -0.25) is 0 Å². The normalized spacial score (nSPS) is 21.7. The molecule has 0 spiro atoms. The van der Waals surface area contributed by atoms with Crippen LogP contribution >= 0.6 is 11.3 Å². The molecule has 1 saturated heterocycles. The highest BCUT2D eigenvalue weighted by Crippen LogP contribution is 2.18. The quantitative estimate of drug-likeness (QED) is 0.774. The largest absolute Gasteiger partial charge is 0.214 e. The van der Waals surface area contributed by atoms with Crippen molar-refractivity contribution in [3.8, 4) is 0 Å². The maximum Gasteiger partial charge on any atom is 0.214 e. The van der Waals surface area contributed by atoms with E-state index in [1.165, 1.54) is 15.6 Å². The van der Waals surface area contributed by atoms with E-state index in [0.717, 1.165) is 22.9 Å². The molecule has 0 aromatic carbocycles. The van der Waals surface area contributed by atoms with Gasteiger partial charge in [0, 0.05) is 6.54 Å². The van der Waals surface area contributed by atoms with Gasteiger partial charge in [-0.15, -0.1) is 21.5 Å². The van der Waals surface area contributed by atoms with Crippen LogP contribution < -0.4 is 0 Å². The molecule has 0 amide bonds. The Bertz CT molecular complexity index is 440. The van der Waals surface area contributed by atoms with Crippen molar-refractivity contribution in [1.29, 1.82) is 0 Å². The Morgan fingerprint density at radius 2 is 2.20 bits per heavy atom. The highest BCUT2D eigenvalue weighted by Gasteiger charge is 2.26. The number of rotatable bonds is 2. The summed E-state index contributed by atoms with van der Waals surface area (Å²) >= 11 is 1.45. The number of hydrogen-bond donors (Lipinski definition) is 0. The standard InChI is InChI=1S/C8H13N3O2S2/c1-7-9-10-8(14-7)6-11-4-2-3-5-15(11,12)13/h2-6H2,1H3. The van der Waals surface area contributed by atoms with Gasteiger partial charge in [-0.2, -0.15) is 4.31 Å². The van der Waals surface area contributed by atoms with Crippen LogP contribution in [-0.4, -0.2) is 35.2 Å². The van der Waals surface area contributed by atoms with Gasteiger partial charge >= 0.3 is 0 Å². The van der Waals surface area contributed by atoms with Crippen molar-refractivity contribution in [2.45, 2.75) is 26.3 Å². The molecular weight excluding hydrogens is 234 g/mol. The van der Waals surface area contributed by atoms with Crippen LogP contribution in [0.15, 0.2) is 0 Å². The fourth-order valence-electron chi connectivity index (χ4n) is 1.57. The molecule has 0 unspecified atom stereocenters. The van der Waals surface area contributed by atoms with Crippen LogP contribution in [0.4, 0.5) is 0 Å². The lowest BCUT2D eigenvalue weighted by Gasteiger charge is -2.24. The Morgan fingerprint density at radius 1 is 1.40 bits per heavy atom. The van der Waals surface area contributed by atoms with Crippen molar-refractivity contribution in [3.05, 3.63) is 10.0 Å². The van der Waals surface area contributed by atoms with Gasteiger partial charge in [0.15, 0.2) is 0 Å². The second-order valence-corrected chi connectivity index (χ2v) is 6.93. The molecular formula is C8H13N3O2S2. The first-order valence-corrected chi connectivity index (χ1v) is 7.27.